The Morgan fingerprint density at radius 3 is 2.09 bits per heavy atom. The SMILES string of the molecule is [C-]#[N+]CCOC(OC1[C@@H]2O[C@@H](C)O[C@]1(COC(c1ccccc1)(c1ccc(OC)cc1)c1ccc(OC)cc1)O[C@H]2n1cc(C)c(=O)[nH]c1=O)C(C)C. The third kappa shape index (κ3) is 7.52. The second-order valence-corrected chi connectivity index (χ2v) is 13.3. The highest BCUT2D eigenvalue weighted by atomic mass is 16.9. The van der Waals surface area contributed by atoms with Gasteiger partial charge in [-0.3, -0.25) is 14.3 Å². The van der Waals surface area contributed by atoms with Gasteiger partial charge in [0.05, 0.1) is 14.2 Å². The lowest BCUT2D eigenvalue weighted by molar-refractivity contribution is -0.382. The predicted molar refractivity (Wildman–Crippen MR) is 194 cm³/mol. The number of rotatable bonds is 15. The molecular weight excluding hydrogens is 682 g/mol. The van der Waals surface area contributed by atoms with Gasteiger partial charge < -0.3 is 42.7 Å². The fourth-order valence-electron chi connectivity index (χ4n) is 6.85. The highest BCUT2D eigenvalue weighted by Gasteiger charge is 2.65. The first-order chi connectivity index (χ1) is 25.5. The molecule has 2 bridgehead atoms. The molecule has 6 rings (SSSR count). The minimum atomic E-state index is -1.67. The molecule has 3 aromatic carbocycles. The average Bonchev–Trinajstić information content (AvgIpc) is 3.34. The molecule has 0 spiro atoms. The monoisotopic (exact) mass is 727 g/mol. The summed E-state index contributed by atoms with van der Waals surface area (Å²) in [5.41, 5.74) is 0.225. The Hall–Kier alpha value is -4.81. The Kier molecular flexibility index (Phi) is 11.5. The molecular formula is C40H45N3O10. The molecule has 2 aliphatic heterocycles. The number of hydrogen-bond acceptors (Lipinski definition) is 10. The Morgan fingerprint density at radius 1 is 0.925 bits per heavy atom. The maximum absolute atomic E-state index is 13.3. The molecule has 0 amide bonds. The molecule has 13 nitrogen and oxygen atoms in total. The van der Waals surface area contributed by atoms with E-state index < -0.39 is 53.7 Å². The first-order valence-corrected chi connectivity index (χ1v) is 17.5. The van der Waals surface area contributed by atoms with E-state index in [-0.39, 0.29) is 25.7 Å². The van der Waals surface area contributed by atoms with Gasteiger partial charge in [-0.25, -0.2) is 11.4 Å². The lowest BCUT2D eigenvalue weighted by atomic mass is 9.80. The van der Waals surface area contributed by atoms with Gasteiger partial charge in [0.15, 0.2) is 18.8 Å². The summed E-state index contributed by atoms with van der Waals surface area (Å²) >= 11 is 0. The van der Waals surface area contributed by atoms with Crippen molar-refractivity contribution in [2.24, 2.45) is 5.92 Å². The summed E-state index contributed by atoms with van der Waals surface area (Å²) in [4.78, 5) is 31.5. The highest BCUT2D eigenvalue weighted by molar-refractivity contribution is 5.49. The van der Waals surface area contributed by atoms with Crippen LogP contribution >= 0.6 is 0 Å². The van der Waals surface area contributed by atoms with Gasteiger partial charge in [-0.1, -0.05) is 68.4 Å². The van der Waals surface area contributed by atoms with E-state index in [2.05, 4.69) is 9.83 Å². The van der Waals surface area contributed by atoms with Crippen LogP contribution in [0.15, 0.2) is 94.6 Å². The Bertz CT molecular complexity index is 1940. The fraction of sp³-hybridized carbons (Fsp3) is 0.425. The van der Waals surface area contributed by atoms with E-state index in [0.29, 0.717) is 17.1 Å². The van der Waals surface area contributed by atoms with Gasteiger partial charge in [0.2, 0.25) is 12.3 Å². The Morgan fingerprint density at radius 2 is 1.53 bits per heavy atom. The standard InChI is InChI=1S/C40H45N3O10/c1-25(2)37(48-22-21-41-5)51-34-33-36(43-23-26(3)35(44)42-38(43)45)53-39(34,52-27(4)50-33)24-49-40(28-11-9-8-10-12-28,29-13-17-31(46-6)18-14-29)30-15-19-32(47-7)20-16-30/h8-20,23,25,27,33-34,36-37H,21-22,24H2,1-4,6-7H3,(H,42,44,45)/t27-,33+,34?,36-,37?,39-/m1/s1. The molecule has 6 atom stereocenters. The van der Waals surface area contributed by atoms with E-state index in [9.17, 15) is 9.59 Å². The van der Waals surface area contributed by atoms with E-state index >= 15 is 0 Å². The number of aryl methyl sites for hydroxylation is 1. The minimum Gasteiger partial charge on any atom is -0.497 e. The predicted octanol–water partition coefficient (Wildman–Crippen LogP) is 5.16. The summed E-state index contributed by atoms with van der Waals surface area (Å²) in [6.45, 7) is 14.5. The zero-order valence-corrected chi connectivity index (χ0v) is 30.6. The van der Waals surface area contributed by atoms with E-state index in [4.69, 9.17) is 44.5 Å². The van der Waals surface area contributed by atoms with Gasteiger partial charge >= 0.3 is 5.69 Å². The maximum atomic E-state index is 13.3. The molecule has 2 fully saturated rings. The molecule has 0 saturated carbocycles. The van der Waals surface area contributed by atoms with Crippen LogP contribution in [0.1, 0.15) is 49.3 Å². The molecule has 0 radical (unpaired) electrons. The van der Waals surface area contributed by atoms with E-state index in [1.54, 1.807) is 28.1 Å². The number of ether oxygens (including phenoxy) is 8. The number of H-pyrrole nitrogens is 1. The lowest BCUT2D eigenvalue weighted by Crippen LogP contribution is -2.59. The summed E-state index contributed by atoms with van der Waals surface area (Å²) in [5.74, 6) is -0.492. The zero-order valence-electron chi connectivity index (χ0n) is 30.6. The molecule has 2 aliphatic rings. The lowest BCUT2D eigenvalue weighted by Gasteiger charge is -2.44. The summed E-state index contributed by atoms with van der Waals surface area (Å²) in [7, 11) is 3.22. The smallest absolute Gasteiger partial charge is 0.330 e. The van der Waals surface area contributed by atoms with Crippen LogP contribution in [0.4, 0.5) is 0 Å². The van der Waals surface area contributed by atoms with Crippen LogP contribution in [0.2, 0.25) is 0 Å². The van der Waals surface area contributed by atoms with Crippen molar-refractivity contribution in [3.05, 3.63) is 140 Å². The minimum absolute atomic E-state index is 0.139. The maximum Gasteiger partial charge on any atom is 0.330 e. The Balaban J connectivity index is 1.51. The number of methoxy groups -OCH3 is 2. The molecule has 13 heteroatoms. The van der Waals surface area contributed by atoms with Crippen LogP contribution in [0.5, 0.6) is 11.5 Å². The van der Waals surface area contributed by atoms with Crippen LogP contribution < -0.4 is 20.7 Å². The number of hydrogen-bond donors (Lipinski definition) is 1. The number of nitrogens with one attached hydrogen (secondary N) is 1. The molecule has 2 saturated heterocycles. The molecule has 4 aromatic rings. The molecule has 0 aliphatic carbocycles. The zero-order chi connectivity index (χ0) is 37.8. The largest absolute Gasteiger partial charge is 0.497 e. The van der Waals surface area contributed by atoms with Crippen molar-refractivity contribution in [3.63, 3.8) is 0 Å². The first-order valence-electron chi connectivity index (χ1n) is 17.5. The van der Waals surface area contributed by atoms with Gasteiger partial charge in [-0.15, -0.1) is 0 Å². The summed E-state index contributed by atoms with van der Waals surface area (Å²) in [5, 5.41) is 0. The van der Waals surface area contributed by atoms with Crippen molar-refractivity contribution in [2.45, 2.75) is 70.1 Å². The number of benzene rings is 3. The third-order valence-corrected chi connectivity index (χ3v) is 9.44. The van der Waals surface area contributed by atoms with Crippen LogP contribution in [-0.4, -0.2) is 74.1 Å². The molecule has 2 unspecified atom stereocenters. The van der Waals surface area contributed by atoms with E-state index in [1.165, 1.54) is 10.8 Å². The van der Waals surface area contributed by atoms with Gasteiger partial charge in [-0.2, -0.15) is 0 Å². The topological polar surface area (TPSA) is 133 Å². The van der Waals surface area contributed by atoms with Crippen LogP contribution in [0.3, 0.4) is 0 Å². The molecule has 280 valence electrons. The average molecular weight is 728 g/mol. The van der Waals surface area contributed by atoms with E-state index in [0.717, 1.165) is 16.7 Å². The van der Waals surface area contributed by atoms with Crippen molar-refractivity contribution in [1.29, 1.82) is 0 Å². The summed E-state index contributed by atoms with van der Waals surface area (Å²) < 4.78 is 52.1. The number of aromatic amines is 1. The molecule has 1 aromatic heterocycles. The molecule has 1 N–H and O–H groups in total. The van der Waals surface area contributed by atoms with Crippen molar-refractivity contribution in [2.75, 3.05) is 34.0 Å². The number of nitrogens with zero attached hydrogens (tertiary/aromatic N) is 2. The van der Waals surface area contributed by atoms with E-state index in [1.807, 2.05) is 92.7 Å². The van der Waals surface area contributed by atoms with Crippen LogP contribution in [-0.2, 0) is 34.0 Å². The van der Waals surface area contributed by atoms with Crippen LogP contribution in [0, 0.1) is 19.4 Å². The normalized spacial score (nSPS) is 23.1. The quantitative estimate of drug-likeness (QED) is 0.0758. The van der Waals surface area contributed by atoms with Gasteiger partial charge in [0.1, 0.15) is 42.5 Å². The van der Waals surface area contributed by atoms with Gasteiger partial charge in [0, 0.05) is 17.7 Å². The second kappa shape index (κ2) is 16.1. The Labute approximate surface area is 308 Å². The van der Waals surface area contributed by atoms with Crippen molar-refractivity contribution in [3.8, 4) is 11.5 Å². The third-order valence-electron chi connectivity index (χ3n) is 9.44. The molecule has 53 heavy (non-hydrogen) atoms. The second-order valence-electron chi connectivity index (χ2n) is 13.3. The number of aromatic nitrogens is 2. The van der Waals surface area contributed by atoms with Gasteiger partial charge in [0.25, 0.3) is 5.56 Å². The molecule has 3 heterocycles. The van der Waals surface area contributed by atoms with Crippen molar-refractivity contribution >= 4 is 0 Å². The highest BCUT2D eigenvalue weighted by Crippen LogP contribution is 2.49. The van der Waals surface area contributed by atoms with Crippen LogP contribution in [0.25, 0.3) is 4.85 Å². The van der Waals surface area contributed by atoms with Crippen molar-refractivity contribution in [1.82, 2.24) is 9.55 Å². The summed E-state index contributed by atoms with van der Waals surface area (Å²) in [6, 6.07) is 25.0. The number of fused-ring (bicyclic) bond motifs is 2. The van der Waals surface area contributed by atoms with Crippen molar-refractivity contribution < 1.29 is 37.9 Å². The van der Waals surface area contributed by atoms with Gasteiger partial charge in [-0.05, 0) is 54.8 Å². The fourth-order valence-corrected chi connectivity index (χ4v) is 6.85. The first kappa shape index (κ1) is 37.9. The summed E-state index contributed by atoms with van der Waals surface area (Å²) in [6.07, 6.45) is -3.21.